The number of furan rings is 1. The van der Waals surface area contributed by atoms with Gasteiger partial charge in [0, 0.05) is 16.3 Å². The fourth-order valence-electron chi connectivity index (χ4n) is 3.31. The van der Waals surface area contributed by atoms with Gasteiger partial charge in [0.05, 0.1) is 18.8 Å². The molecule has 25 heavy (non-hydrogen) atoms. The van der Waals surface area contributed by atoms with Gasteiger partial charge in [-0.1, -0.05) is 6.07 Å². The molecule has 0 radical (unpaired) electrons. The van der Waals surface area contributed by atoms with Crippen molar-refractivity contribution < 1.29 is 8.83 Å². The van der Waals surface area contributed by atoms with E-state index < -0.39 is 0 Å². The zero-order chi connectivity index (χ0) is 16.6. The van der Waals surface area contributed by atoms with Gasteiger partial charge in [-0.25, -0.2) is 0 Å². The average Bonchev–Trinajstić information content (AvgIpc) is 3.39. The normalized spacial score (nSPS) is 17.7. The minimum absolute atomic E-state index is 0.258. The van der Waals surface area contributed by atoms with E-state index in [1.165, 1.54) is 15.3 Å². The lowest BCUT2D eigenvalue weighted by molar-refractivity contribution is 0.189. The molecule has 4 aromatic heterocycles. The lowest BCUT2D eigenvalue weighted by atomic mass is 9.98. The monoisotopic (exact) mass is 369 g/mol. The van der Waals surface area contributed by atoms with E-state index in [0.29, 0.717) is 24.1 Å². The van der Waals surface area contributed by atoms with Crippen molar-refractivity contribution in [2.45, 2.75) is 19.0 Å². The topological polar surface area (TPSA) is 55.3 Å². The first-order chi connectivity index (χ1) is 12.4. The molecule has 5 nitrogen and oxygen atoms in total. The van der Waals surface area contributed by atoms with Gasteiger partial charge >= 0.3 is 0 Å². The molecular formula is C18H15N3O2S2. The minimum atomic E-state index is 0.258. The summed E-state index contributed by atoms with van der Waals surface area (Å²) in [7, 11) is 0. The summed E-state index contributed by atoms with van der Waals surface area (Å²) in [5.74, 6) is 1.65. The van der Waals surface area contributed by atoms with E-state index >= 15 is 0 Å². The summed E-state index contributed by atoms with van der Waals surface area (Å²) >= 11 is 3.65. The van der Waals surface area contributed by atoms with Gasteiger partial charge in [0.25, 0.3) is 5.89 Å². The zero-order valence-corrected chi connectivity index (χ0v) is 14.9. The predicted octanol–water partition coefficient (Wildman–Crippen LogP) is 4.60. The third-order valence-corrected chi connectivity index (χ3v) is 6.34. The number of nitrogens with zero attached hydrogens (tertiary/aromatic N) is 3. The van der Waals surface area contributed by atoms with Crippen LogP contribution in [0.2, 0.25) is 0 Å². The van der Waals surface area contributed by atoms with Gasteiger partial charge in [-0.15, -0.1) is 32.9 Å². The van der Waals surface area contributed by atoms with Gasteiger partial charge < -0.3 is 8.83 Å². The first-order valence-electron chi connectivity index (χ1n) is 8.08. The number of rotatable bonds is 4. The minimum Gasteiger partial charge on any atom is -0.459 e. The Hall–Kier alpha value is -2.22. The van der Waals surface area contributed by atoms with Crippen molar-refractivity contribution in [1.82, 2.24) is 15.1 Å². The lowest BCUT2D eigenvalue weighted by Crippen LogP contribution is -2.34. The first-order valence-corrected chi connectivity index (χ1v) is 9.84. The molecule has 0 bridgehead atoms. The number of hydrogen-bond donors (Lipinski definition) is 0. The van der Waals surface area contributed by atoms with Crippen molar-refractivity contribution in [3.8, 4) is 11.7 Å². The standard InChI is InChI=1S/C18H15N3O2S2/c1-3-13(22-8-1)18-20-19-16(23-18)11-21-7-5-14-12(6-10-25-14)17(21)15-4-2-9-24-15/h1-4,6,8-10,17H,5,7,11H2/t17-/m0/s1. The quantitative estimate of drug-likeness (QED) is 0.526. The Labute approximate surface area is 152 Å². The fraction of sp³-hybridized carbons (Fsp3) is 0.222. The number of thiophene rings is 2. The first kappa shape index (κ1) is 15.1. The van der Waals surface area contributed by atoms with Crippen molar-refractivity contribution in [2.24, 2.45) is 0 Å². The van der Waals surface area contributed by atoms with E-state index in [1.807, 2.05) is 23.5 Å². The highest BCUT2D eigenvalue weighted by Crippen LogP contribution is 2.40. The average molecular weight is 369 g/mol. The molecule has 0 saturated heterocycles. The Morgan fingerprint density at radius 2 is 2.12 bits per heavy atom. The van der Waals surface area contributed by atoms with Gasteiger partial charge in [0.2, 0.25) is 5.89 Å². The van der Waals surface area contributed by atoms with Crippen molar-refractivity contribution in [3.63, 3.8) is 0 Å². The molecule has 0 aliphatic carbocycles. The molecule has 0 aromatic carbocycles. The Kier molecular flexibility index (Phi) is 3.77. The molecule has 0 unspecified atom stereocenters. The van der Waals surface area contributed by atoms with E-state index in [1.54, 1.807) is 17.6 Å². The number of fused-ring (bicyclic) bond motifs is 1. The van der Waals surface area contributed by atoms with E-state index in [9.17, 15) is 0 Å². The fourth-order valence-corrected chi connectivity index (χ4v) is 5.09. The van der Waals surface area contributed by atoms with Gasteiger partial charge in [0.15, 0.2) is 5.76 Å². The summed E-state index contributed by atoms with van der Waals surface area (Å²) in [6, 6.07) is 10.5. The molecular weight excluding hydrogens is 354 g/mol. The van der Waals surface area contributed by atoms with Crippen molar-refractivity contribution in [1.29, 1.82) is 0 Å². The predicted molar refractivity (Wildman–Crippen MR) is 96.6 cm³/mol. The Morgan fingerprint density at radius 3 is 2.96 bits per heavy atom. The summed E-state index contributed by atoms with van der Waals surface area (Å²) < 4.78 is 11.1. The summed E-state index contributed by atoms with van der Waals surface area (Å²) in [4.78, 5) is 5.25. The second-order valence-corrected chi connectivity index (χ2v) is 7.90. The van der Waals surface area contributed by atoms with Crippen LogP contribution in [0.5, 0.6) is 0 Å². The van der Waals surface area contributed by atoms with Crippen molar-refractivity contribution in [3.05, 3.63) is 68.6 Å². The Bertz CT molecular complexity index is 956. The maximum Gasteiger partial charge on any atom is 0.283 e. The van der Waals surface area contributed by atoms with Gasteiger partial charge in [-0.3, -0.25) is 4.90 Å². The van der Waals surface area contributed by atoms with Gasteiger partial charge in [-0.2, -0.15) is 0 Å². The van der Waals surface area contributed by atoms with Crippen LogP contribution in [0.1, 0.15) is 27.3 Å². The summed E-state index contributed by atoms with van der Waals surface area (Å²) in [6.07, 6.45) is 2.67. The highest BCUT2D eigenvalue weighted by molar-refractivity contribution is 7.10. The highest BCUT2D eigenvalue weighted by atomic mass is 32.1. The molecule has 126 valence electrons. The molecule has 5 heterocycles. The number of aromatic nitrogens is 2. The second kappa shape index (κ2) is 6.25. The van der Waals surface area contributed by atoms with Crippen LogP contribution in [0.25, 0.3) is 11.7 Å². The molecule has 4 aromatic rings. The van der Waals surface area contributed by atoms with Crippen molar-refractivity contribution >= 4 is 22.7 Å². The molecule has 0 amide bonds. The summed E-state index contributed by atoms with van der Waals surface area (Å²) in [5.41, 5.74) is 1.41. The van der Waals surface area contributed by atoms with Crippen LogP contribution in [0.3, 0.4) is 0 Å². The van der Waals surface area contributed by atoms with Gasteiger partial charge in [-0.05, 0) is 47.0 Å². The van der Waals surface area contributed by atoms with Crippen LogP contribution < -0.4 is 0 Å². The smallest absolute Gasteiger partial charge is 0.283 e. The van der Waals surface area contributed by atoms with Gasteiger partial charge in [0.1, 0.15) is 0 Å². The molecule has 1 aliphatic heterocycles. The van der Waals surface area contributed by atoms with E-state index in [-0.39, 0.29) is 6.04 Å². The molecule has 0 spiro atoms. The third-order valence-electron chi connectivity index (χ3n) is 4.42. The Balaban J connectivity index is 1.45. The van der Waals surface area contributed by atoms with Crippen LogP contribution in [-0.4, -0.2) is 21.6 Å². The molecule has 5 rings (SSSR count). The SMILES string of the molecule is c1coc(-c2nnc(CN3CCc4sccc4[C@H]3c3cccs3)o2)c1. The Morgan fingerprint density at radius 1 is 1.12 bits per heavy atom. The van der Waals surface area contributed by atoms with E-state index in [0.717, 1.165) is 13.0 Å². The van der Waals surface area contributed by atoms with Crippen LogP contribution in [0.4, 0.5) is 0 Å². The van der Waals surface area contributed by atoms with Crippen molar-refractivity contribution in [2.75, 3.05) is 6.54 Å². The van der Waals surface area contributed by atoms with Crippen LogP contribution in [0.15, 0.2) is 56.2 Å². The largest absolute Gasteiger partial charge is 0.459 e. The lowest BCUT2D eigenvalue weighted by Gasteiger charge is -2.34. The van der Waals surface area contributed by atoms with Crippen LogP contribution in [-0.2, 0) is 13.0 Å². The zero-order valence-electron chi connectivity index (χ0n) is 13.3. The van der Waals surface area contributed by atoms with E-state index in [4.69, 9.17) is 8.83 Å². The molecule has 1 atom stereocenters. The van der Waals surface area contributed by atoms with E-state index in [2.05, 4.69) is 44.1 Å². The highest BCUT2D eigenvalue weighted by Gasteiger charge is 2.31. The molecule has 0 saturated carbocycles. The molecule has 7 heteroatoms. The molecule has 0 fully saturated rings. The molecule has 0 N–H and O–H groups in total. The number of hydrogen-bond acceptors (Lipinski definition) is 7. The van der Waals surface area contributed by atoms with Crippen LogP contribution >= 0.6 is 22.7 Å². The summed E-state index contributed by atoms with van der Waals surface area (Å²) in [6.45, 7) is 1.61. The second-order valence-electron chi connectivity index (χ2n) is 5.92. The van der Waals surface area contributed by atoms with Crippen LogP contribution in [0, 0.1) is 0 Å². The maximum atomic E-state index is 5.81. The maximum absolute atomic E-state index is 5.81. The summed E-state index contributed by atoms with van der Waals surface area (Å²) in [5, 5.41) is 12.7. The third kappa shape index (κ3) is 2.74. The molecule has 1 aliphatic rings.